The van der Waals surface area contributed by atoms with Crippen LogP contribution in [0.15, 0.2) is 68.6 Å². The molecule has 20 heavy (non-hydrogen) atoms. The highest BCUT2D eigenvalue weighted by molar-refractivity contribution is 7.90. The second-order valence-corrected chi connectivity index (χ2v) is 5.66. The zero-order chi connectivity index (χ0) is 14.0. The average molecular weight is 286 g/mol. The largest absolute Gasteiger partial charge is 0.463 e. The van der Waals surface area contributed by atoms with Crippen LogP contribution < -0.4 is 0 Å². The van der Waals surface area contributed by atoms with Crippen molar-refractivity contribution in [2.45, 2.75) is 4.90 Å². The van der Waals surface area contributed by atoms with Gasteiger partial charge in [0.1, 0.15) is 10.7 Å². The number of rotatable bonds is 3. The number of benzene rings is 1. The summed E-state index contributed by atoms with van der Waals surface area (Å²) in [7, 11) is -3.82. The molecule has 0 aliphatic carbocycles. The highest BCUT2D eigenvalue weighted by Gasteiger charge is 2.16. The lowest BCUT2D eigenvalue weighted by Crippen LogP contribution is -1.99. The highest BCUT2D eigenvalue weighted by atomic mass is 32.2. The van der Waals surface area contributed by atoms with E-state index in [2.05, 4.69) is 9.38 Å². The van der Waals surface area contributed by atoms with Gasteiger partial charge in [0.15, 0.2) is 0 Å². The zero-order valence-electron chi connectivity index (χ0n) is 10.3. The van der Waals surface area contributed by atoms with Crippen LogP contribution in [0.1, 0.15) is 5.76 Å². The van der Waals surface area contributed by atoms with Crippen molar-refractivity contribution in [1.29, 1.82) is 0 Å². The van der Waals surface area contributed by atoms with Gasteiger partial charge in [-0.25, -0.2) is 0 Å². The lowest BCUT2D eigenvalue weighted by molar-refractivity contribution is 0.560. The SMILES string of the molecule is O=S(=O)(/N=C/c1ccco1)c1cccc2cccnc12. The van der Waals surface area contributed by atoms with Gasteiger partial charge in [0.25, 0.3) is 10.0 Å². The van der Waals surface area contributed by atoms with Gasteiger partial charge in [-0.15, -0.1) is 0 Å². The maximum absolute atomic E-state index is 12.3. The normalized spacial score (nSPS) is 12.2. The Kier molecular flexibility index (Phi) is 3.08. The highest BCUT2D eigenvalue weighted by Crippen LogP contribution is 2.22. The van der Waals surface area contributed by atoms with Gasteiger partial charge < -0.3 is 4.42 Å². The third-order valence-corrected chi connectivity index (χ3v) is 4.00. The summed E-state index contributed by atoms with van der Waals surface area (Å²) in [6.45, 7) is 0. The molecule has 3 rings (SSSR count). The molecule has 100 valence electrons. The van der Waals surface area contributed by atoms with Crippen molar-refractivity contribution in [3.05, 3.63) is 60.7 Å². The average Bonchev–Trinajstić information content (AvgIpc) is 2.98. The molecular weight excluding hydrogens is 276 g/mol. The van der Waals surface area contributed by atoms with E-state index in [0.717, 1.165) is 5.39 Å². The number of sulfonamides is 1. The monoisotopic (exact) mass is 286 g/mol. The molecule has 0 N–H and O–H groups in total. The lowest BCUT2D eigenvalue weighted by atomic mass is 10.2. The van der Waals surface area contributed by atoms with E-state index in [9.17, 15) is 8.42 Å². The van der Waals surface area contributed by atoms with Gasteiger partial charge in [0, 0.05) is 11.6 Å². The van der Waals surface area contributed by atoms with Crippen LogP contribution in [0.3, 0.4) is 0 Å². The molecule has 0 aliphatic rings. The summed E-state index contributed by atoms with van der Waals surface area (Å²) in [6, 6.07) is 11.8. The van der Waals surface area contributed by atoms with Crippen molar-refractivity contribution in [1.82, 2.24) is 4.98 Å². The van der Waals surface area contributed by atoms with Gasteiger partial charge in [-0.1, -0.05) is 18.2 Å². The van der Waals surface area contributed by atoms with Gasteiger partial charge in [0.2, 0.25) is 0 Å². The molecule has 0 unspecified atom stereocenters. The van der Waals surface area contributed by atoms with Crippen LogP contribution in [0.5, 0.6) is 0 Å². The Morgan fingerprint density at radius 1 is 1.10 bits per heavy atom. The Labute approximate surface area is 115 Å². The summed E-state index contributed by atoms with van der Waals surface area (Å²) in [6.07, 6.45) is 4.18. The Balaban J connectivity index is 2.10. The molecule has 2 heterocycles. The van der Waals surface area contributed by atoms with Crippen molar-refractivity contribution in [2.24, 2.45) is 4.40 Å². The maximum atomic E-state index is 12.3. The molecule has 0 spiro atoms. The minimum absolute atomic E-state index is 0.0819. The van der Waals surface area contributed by atoms with E-state index in [0.29, 0.717) is 11.3 Å². The predicted octanol–water partition coefficient (Wildman–Crippen LogP) is 2.64. The molecule has 0 radical (unpaired) electrons. The standard InChI is InChI=1S/C14H10N2O3S/c17-20(18,16-10-12-6-3-9-19-12)13-7-1-4-11-5-2-8-15-14(11)13/h1-10H/b16-10+. The summed E-state index contributed by atoms with van der Waals surface area (Å²) in [5.41, 5.74) is 0.409. The topological polar surface area (TPSA) is 72.5 Å². The fourth-order valence-electron chi connectivity index (χ4n) is 1.83. The van der Waals surface area contributed by atoms with Crippen LogP contribution >= 0.6 is 0 Å². The van der Waals surface area contributed by atoms with Crippen molar-refractivity contribution in [3.63, 3.8) is 0 Å². The van der Waals surface area contributed by atoms with Crippen molar-refractivity contribution in [3.8, 4) is 0 Å². The molecule has 0 saturated carbocycles. The lowest BCUT2D eigenvalue weighted by Gasteiger charge is -2.02. The number of pyridine rings is 1. The molecule has 0 bridgehead atoms. The van der Waals surface area contributed by atoms with Crippen LogP contribution in [0.4, 0.5) is 0 Å². The van der Waals surface area contributed by atoms with E-state index < -0.39 is 10.0 Å². The Bertz CT molecular complexity index is 863. The van der Waals surface area contributed by atoms with Gasteiger partial charge in [-0.2, -0.15) is 12.8 Å². The number of hydrogen-bond donors (Lipinski definition) is 0. The van der Waals surface area contributed by atoms with Gasteiger partial charge in [0.05, 0.1) is 18.0 Å². The second-order valence-electron chi connectivity index (χ2n) is 4.06. The number of para-hydroxylation sites is 1. The molecule has 6 heteroatoms. The van der Waals surface area contributed by atoms with E-state index in [1.54, 1.807) is 42.6 Å². The van der Waals surface area contributed by atoms with Crippen LogP contribution in [0.25, 0.3) is 10.9 Å². The smallest absolute Gasteiger partial charge is 0.284 e. The van der Waals surface area contributed by atoms with E-state index in [4.69, 9.17) is 4.42 Å². The molecule has 0 amide bonds. The molecule has 0 atom stereocenters. The number of aromatic nitrogens is 1. The minimum Gasteiger partial charge on any atom is -0.463 e. The van der Waals surface area contributed by atoms with E-state index >= 15 is 0 Å². The van der Waals surface area contributed by atoms with Crippen LogP contribution in [-0.4, -0.2) is 19.6 Å². The van der Waals surface area contributed by atoms with E-state index in [-0.39, 0.29) is 4.90 Å². The molecule has 3 aromatic rings. The summed E-state index contributed by atoms with van der Waals surface area (Å²) < 4.78 is 33.2. The Morgan fingerprint density at radius 3 is 2.75 bits per heavy atom. The predicted molar refractivity (Wildman–Crippen MR) is 75.2 cm³/mol. The van der Waals surface area contributed by atoms with E-state index in [1.165, 1.54) is 18.5 Å². The molecule has 0 aliphatic heterocycles. The third-order valence-electron chi connectivity index (χ3n) is 2.74. The summed E-state index contributed by atoms with van der Waals surface area (Å²) in [5, 5.41) is 0.752. The molecule has 0 fully saturated rings. The zero-order valence-corrected chi connectivity index (χ0v) is 11.1. The summed E-state index contributed by atoms with van der Waals surface area (Å²) in [5.74, 6) is 0.377. The quantitative estimate of drug-likeness (QED) is 0.694. The second kappa shape index (κ2) is 4.90. The van der Waals surface area contributed by atoms with Crippen molar-refractivity contribution >= 4 is 27.1 Å². The Morgan fingerprint density at radius 2 is 1.95 bits per heavy atom. The molecule has 2 aromatic heterocycles. The number of hydrogen-bond acceptors (Lipinski definition) is 4. The third kappa shape index (κ3) is 2.33. The van der Waals surface area contributed by atoms with Gasteiger partial charge in [-0.3, -0.25) is 4.98 Å². The molecule has 5 nitrogen and oxygen atoms in total. The van der Waals surface area contributed by atoms with Crippen molar-refractivity contribution in [2.75, 3.05) is 0 Å². The van der Waals surface area contributed by atoms with Crippen LogP contribution in [-0.2, 0) is 10.0 Å². The fourth-order valence-corrected chi connectivity index (χ4v) is 2.85. The van der Waals surface area contributed by atoms with Crippen LogP contribution in [0.2, 0.25) is 0 Å². The van der Waals surface area contributed by atoms with E-state index in [1.807, 2.05) is 0 Å². The number of furan rings is 1. The first-order chi connectivity index (χ1) is 9.67. The minimum atomic E-state index is -3.82. The van der Waals surface area contributed by atoms with Crippen LogP contribution in [0, 0.1) is 0 Å². The molecule has 0 saturated heterocycles. The summed E-state index contributed by atoms with van der Waals surface area (Å²) >= 11 is 0. The first kappa shape index (κ1) is 12.6. The summed E-state index contributed by atoms with van der Waals surface area (Å²) in [4.78, 5) is 4.20. The first-order valence-electron chi connectivity index (χ1n) is 5.84. The molecule has 1 aromatic carbocycles. The van der Waals surface area contributed by atoms with Crippen molar-refractivity contribution < 1.29 is 12.8 Å². The van der Waals surface area contributed by atoms with Gasteiger partial charge in [-0.05, 0) is 24.3 Å². The first-order valence-corrected chi connectivity index (χ1v) is 7.28. The maximum Gasteiger partial charge on any atom is 0.284 e. The Hall–Kier alpha value is -2.47. The number of nitrogens with zero attached hydrogens (tertiary/aromatic N) is 2. The molecular formula is C14H10N2O3S. The fraction of sp³-hybridized carbons (Fsp3) is 0. The number of fused-ring (bicyclic) bond motifs is 1. The van der Waals surface area contributed by atoms with Gasteiger partial charge >= 0.3 is 0 Å².